The van der Waals surface area contributed by atoms with Crippen molar-refractivity contribution < 1.29 is 5.11 Å². The maximum absolute atomic E-state index is 8.62. The summed E-state index contributed by atoms with van der Waals surface area (Å²) >= 11 is 6.13. The maximum atomic E-state index is 8.62. The Kier molecular flexibility index (Phi) is 5.51. The average Bonchev–Trinajstić information content (AvgIpc) is 2.24. The number of hydrogen-bond acceptors (Lipinski definition) is 2. The molecular weight excluding hydrogens is 210 g/mol. The van der Waals surface area contributed by atoms with E-state index in [1.165, 1.54) is 0 Å². The molecule has 3 heteroatoms. The van der Waals surface area contributed by atoms with Gasteiger partial charge in [-0.1, -0.05) is 23.7 Å². The maximum Gasteiger partial charge on any atom is 0.0666 e. The van der Waals surface area contributed by atoms with Gasteiger partial charge in [0, 0.05) is 13.2 Å². The number of nitrogens with one attached hydrogen (secondary N) is 1. The van der Waals surface area contributed by atoms with Crippen molar-refractivity contribution in [2.45, 2.75) is 26.2 Å². The lowest BCUT2D eigenvalue weighted by Crippen LogP contribution is -2.02. The van der Waals surface area contributed by atoms with Gasteiger partial charge in [0.15, 0.2) is 0 Å². The number of benzene rings is 1. The van der Waals surface area contributed by atoms with Gasteiger partial charge in [0.05, 0.1) is 10.7 Å². The summed E-state index contributed by atoms with van der Waals surface area (Å²) in [4.78, 5) is 0. The Labute approximate surface area is 96.3 Å². The number of halogens is 1. The number of aliphatic hydroxyl groups excluding tert-OH is 1. The van der Waals surface area contributed by atoms with Crippen molar-refractivity contribution >= 4 is 17.3 Å². The van der Waals surface area contributed by atoms with E-state index in [0.717, 1.165) is 42.1 Å². The second-order valence-electron chi connectivity index (χ2n) is 3.65. The van der Waals surface area contributed by atoms with E-state index in [2.05, 4.69) is 5.32 Å². The number of unbranched alkanes of at least 4 members (excludes halogenated alkanes) is 2. The first-order valence-electron chi connectivity index (χ1n) is 5.35. The number of hydrogen-bond donors (Lipinski definition) is 2. The lowest BCUT2D eigenvalue weighted by molar-refractivity contribution is 0.283. The highest BCUT2D eigenvalue weighted by Crippen LogP contribution is 2.24. The largest absolute Gasteiger partial charge is 0.396 e. The van der Waals surface area contributed by atoms with Gasteiger partial charge in [-0.05, 0) is 37.8 Å². The molecule has 0 aromatic heterocycles. The van der Waals surface area contributed by atoms with Crippen LogP contribution in [0.5, 0.6) is 0 Å². The van der Waals surface area contributed by atoms with Crippen molar-refractivity contribution in [2.75, 3.05) is 18.5 Å². The SMILES string of the molecule is Cc1cccc(NCCCCCO)c1Cl. The topological polar surface area (TPSA) is 32.3 Å². The first-order chi connectivity index (χ1) is 7.25. The minimum absolute atomic E-state index is 0.283. The molecule has 0 aliphatic carbocycles. The van der Waals surface area contributed by atoms with Gasteiger partial charge in [0.1, 0.15) is 0 Å². The third kappa shape index (κ3) is 4.10. The second-order valence-corrected chi connectivity index (χ2v) is 4.03. The summed E-state index contributed by atoms with van der Waals surface area (Å²) in [5.74, 6) is 0. The fraction of sp³-hybridized carbons (Fsp3) is 0.500. The van der Waals surface area contributed by atoms with Gasteiger partial charge in [0.25, 0.3) is 0 Å². The monoisotopic (exact) mass is 227 g/mol. The number of anilines is 1. The predicted molar refractivity (Wildman–Crippen MR) is 65.6 cm³/mol. The van der Waals surface area contributed by atoms with Crippen LogP contribution in [0.2, 0.25) is 5.02 Å². The third-order valence-corrected chi connectivity index (χ3v) is 2.84. The molecule has 0 radical (unpaired) electrons. The van der Waals surface area contributed by atoms with Crippen LogP contribution in [0.3, 0.4) is 0 Å². The van der Waals surface area contributed by atoms with Gasteiger partial charge in [0.2, 0.25) is 0 Å². The molecule has 0 atom stereocenters. The molecule has 0 aliphatic rings. The van der Waals surface area contributed by atoms with E-state index < -0.39 is 0 Å². The van der Waals surface area contributed by atoms with E-state index in [0.29, 0.717) is 0 Å². The number of aliphatic hydroxyl groups is 1. The molecular formula is C12H18ClNO. The van der Waals surface area contributed by atoms with E-state index in [4.69, 9.17) is 16.7 Å². The van der Waals surface area contributed by atoms with Crippen LogP contribution in [0.1, 0.15) is 24.8 Å². The fourth-order valence-electron chi connectivity index (χ4n) is 1.42. The summed E-state index contributed by atoms with van der Waals surface area (Å²) in [6.45, 7) is 3.19. The van der Waals surface area contributed by atoms with Gasteiger partial charge < -0.3 is 10.4 Å². The highest BCUT2D eigenvalue weighted by molar-refractivity contribution is 6.33. The van der Waals surface area contributed by atoms with Crippen molar-refractivity contribution in [3.05, 3.63) is 28.8 Å². The van der Waals surface area contributed by atoms with Crippen molar-refractivity contribution in [3.63, 3.8) is 0 Å². The lowest BCUT2D eigenvalue weighted by Gasteiger charge is -2.09. The van der Waals surface area contributed by atoms with Crippen LogP contribution < -0.4 is 5.32 Å². The van der Waals surface area contributed by atoms with Crippen molar-refractivity contribution in [3.8, 4) is 0 Å². The Morgan fingerprint density at radius 3 is 2.80 bits per heavy atom. The number of rotatable bonds is 6. The standard InChI is InChI=1S/C12H18ClNO/c1-10-6-5-7-11(12(10)13)14-8-3-2-4-9-15/h5-7,14-15H,2-4,8-9H2,1H3. The summed E-state index contributed by atoms with van der Waals surface area (Å²) in [6.07, 6.45) is 2.99. The Bertz CT molecular complexity index is 302. The Hall–Kier alpha value is -0.730. The van der Waals surface area contributed by atoms with Crippen LogP contribution in [0, 0.1) is 6.92 Å². The molecule has 0 bridgehead atoms. The summed E-state index contributed by atoms with van der Waals surface area (Å²) < 4.78 is 0. The van der Waals surface area contributed by atoms with Gasteiger partial charge in [-0.25, -0.2) is 0 Å². The van der Waals surface area contributed by atoms with Crippen molar-refractivity contribution in [1.82, 2.24) is 0 Å². The molecule has 0 saturated carbocycles. The van der Waals surface area contributed by atoms with E-state index in [9.17, 15) is 0 Å². The van der Waals surface area contributed by atoms with E-state index in [1.807, 2.05) is 25.1 Å². The molecule has 0 heterocycles. The lowest BCUT2D eigenvalue weighted by atomic mass is 10.2. The molecule has 84 valence electrons. The molecule has 0 amide bonds. The van der Waals surface area contributed by atoms with E-state index in [-0.39, 0.29) is 6.61 Å². The average molecular weight is 228 g/mol. The molecule has 15 heavy (non-hydrogen) atoms. The molecule has 2 nitrogen and oxygen atoms in total. The molecule has 0 saturated heterocycles. The van der Waals surface area contributed by atoms with Gasteiger partial charge in [-0.3, -0.25) is 0 Å². The fourth-order valence-corrected chi connectivity index (χ4v) is 1.61. The third-order valence-electron chi connectivity index (χ3n) is 2.34. The summed E-state index contributed by atoms with van der Waals surface area (Å²) in [5, 5.41) is 12.7. The Morgan fingerprint density at radius 2 is 2.07 bits per heavy atom. The molecule has 0 aliphatic heterocycles. The van der Waals surface area contributed by atoms with Crippen molar-refractivity contribution in [1.29, 1.82) is 0 Å². The van der Waals surface area contributed by atoms with Crippen LogP contribution in [0.25, 0.3) is 0 Å². The zero-order chi connectivity index (χ0) is 11.1. The first-order valence-corrected chi connectivity index (χ1v) is 5.73. The molecule has 0 unspecified atom stereocenters. The van der Waals surface area contributed by atoms with Crippen LogP contribution in [0.15, 0.2) is 18.2 Å². The number of aryl methyl sites for hydroxylation is 1. The van der Waals surface area contributed by atoms with Crippen molar-refractivity contribution in [2.24, 2.45) is 0 Å². The molecule has 1 aromatic rings. The van der Waals surface area contributed by atoms with Gasteiger partial charge >= 0.3 is 0 Å². The highest BCUT2D eigenvalue weighted by atomic mass is 35.5. The van der Waals surface area contributed by atoms with Gasteiger partial charge in [-0.2, -0.15) is 0 Å². The zero-order valence-corrected chi connectivity index (χ0v) is 9.85. The van der Waals surface area contributed by atoms with Gasteiger partial charge in [-0.15, -0.1) is 0 Å². The van der Waals surface area contributed by atoms with Crippen LogP contribution >= 0.6 is 11.6 Å². The Balaban J connectivity index is 2.34. The molecule has 0 spiro atoms. The zero-order valence-electron chi connectivity index (χ0n) is 9.09. The minimum atomic E-state index is 0.283. The summed E-state index contributed by atoms with van der Waals surface area (Å²) in [7, 11) is 0. The highest BCUT2D eigenvalue weighted by Gasteiger charge is 2.00. The molecule has 1 rings (SSSR count). The van der Waals surface area contributed by atoms with Crippen LogP contribution in [-0.4, -0.2) is 18.3 Å². The Morgan fingerprint density at radius 1 is 1.27 bits per heavy atom. The smallest absolute Gasteiger partial charge is 0.0666 e. The van der Waals surface area contributed by atoms with Crippen LogP contribution in [-0.2, 0) is 0 Å². The first kappa shape index (κ1) is 12.3. The second kappa shape index (κ2) is 6.70. The molecule has 2 N–H and O–H groups in total. The quantitative estimate of drug-likeness (QED) is 0.732. The van der Waals surface area contributed by atoms with E-state index >= 15 is 0 Å². The van der Waals surface area contributed by atoms with Crippen LogP contribution in [0.4, 0.5) is 5.69 Å². The predicted octanol–water partition coefficient (Wildman–Crippen LogP) is 3.22. The minimum Gasteiger partial charge on any atom is -0.396 e. The normalized spacial score (nSPS) is 10.3. The molecule has 0 fully saturated rings. The molecule has 1 aromatic carbocycles. The summed E-state index contributed by atoms with van der Waals surface area (Å²) in [5.41, 5.74) is 2.10. The summed E-state index contributed by atoms with van der Waals surface area (Å²) in [6, 6.07) is 5.98. The van der Waals surface area contributed by atoms with E-state index in [1.54, 1.807) is 0 Å².